The Morgan fingerprint density at radius 1 is 1.37 bits per heavy atom. The van der Waals surface area contributed by atoms with Crippen molar-refractivity contribution in [3.05, 3.63) is 30.4 Å². The third-order valence-electron chi connectivity index (χ3n) is 2.21. The predicted molar refractivity (Wildman–Crippen MR) is 71.7 cm³/mol. The fraction of sp³-hybridized carbons (Fsp3) is 0.250. The lowest BCUT2D eigenvalue weighted by molar-refractivity contribution is -0.286. The highest BCUT2D eigenvalue weighted by Crippen LogP contribution is 2.42. The number of anilines is 1. The van der Waals surface area contributed by atoms with Gasteiger partial charge in [-0.25, -0.2) is 0 Å². The minimum atomic E-state index is -3.61. The maximum Gasteiger partial charge on any atom is 0.586 e. The molecule has 0 aromatic heterocycles. The first-order valence-electron chi connectivity index (χ1n) is 5.45. The maximum atomic E-state index is 12.8. The van der Waals surface area contributed by atoms with Crippen molar-refractivity contribution in [1.82, 2.24) is 5.32 Å². The Morgan fingerprint density at radius 2 is 2.05 bits per heavy atom. The van der Waals surface area contributed by atoms with Crippen LogP contribution in [0, 0.1) is 0 Å². The van der Waals surface area contributed by atoms with Crippen molar-refractivity contribution in [2.45, 2.75) is 13.2 Å². The molecule has 0 saturated heterocycles. The number of hydrogen-bond acceptors (Lipinski definition) is 3. The number of nitrogens with one attached hydrogen (secondary N) is 2. The molecule has 2 rings (SSSR count). The summed E-state index contributed by atoms with van der Waals surface area (Å²) in [6.07, 6.45) is -3.61. The first-order valence-corrected chi connectivity index (χ1v) is 5.86. The van der Waals surface area contributed by atoms with Gasteiger partial charge >= 0.3 is 6.29 Å². The number of alkyl halides is 2. The van der Waals surface area contributed by atoms with E-state index >= 15 is 0 Å². The van der Waals surface area contributed by atoms with Crippen LogP contribution in [0.3, 0.4) is 0 Å². The monoisotopic (exact) mass is 286 g/mol. The molecule has 0 spiro atoms. The summed E-state index contributed by atoms with van der Waals surface area (Å²) in [4.78, 5) is 0. The van der Waals surface area contributed by atoms with Crippen LogP contribution in [0.1, 0.15) is 6.92 Å². The van der Waals surface area contributed by atoms with E-state index in [-0.39, 0.29) is 11.5 Å². The normalized spacial score (nSPS) is 14.9. The topological polar surface area (TPSA) is 42.5 Å². The minimum Gasteiger partial charge on any atom is -0.395 e. The number of halogens is 2. The van der Waals surface area contributed by atoms with Crippen LogP contribution < -0.4 is 20.1 Å². The zero-order valence-electron chi connectivity index (χ0n) is 10.1. The first kappa shape index (κ1) is 13.5. The summed E-state index contributed by atoms with van der Waals surface area (Å²) in [5, 5.41) is 6.14. The zero-order chi connectivity index (χ0) is 14.0. The molecule has 1 aliphatic rings. The van der Waals surface area contributed by atoms with Gasteiger partial charge in [0.2, 0.25) is 0 Å². The van der Waals surface area contributed by atoms with Gasteiger partial charge in [0.1, 0.15) is 0 Å². The second kappa shape index (κ2) is 5.00. The summed E-state index contributed by atoms with van der Waals surface area (Å²) in [7, 11) is 0. The van der Waals surface area contributed by atoms with E-state index in [1.54, 1.807) is 6.07 Å². The van der Waals surface area contributed by atoms with E-state index in [1.807, 2.05) is 6.92 Å². The molecule has 4 nitrogen and oxygen atoms in total. The fourth-order valence-electron chi connectivity index (χ4n) is 1.43. The summed E-state index contributed by atoms with van der Waals surface area (Å²) >= 11 is 5.04. The molecule has 0 fully saturated rings. The number of hydrogen-bond donors (Lipinski definition) is 2. The predicted octanol–water partition coefficient (Wildman–Crippen LogP) is 2.87. The van der Waals surface area contributed by atoms with Crippen LogP contribution in [0.5, 0.6) is 11.5 Å². The minimum absolute atomic E-state index is 0.00337. The van der Waals surface area contributed by atoms with Crippen LogP contribution in [0.25, 0.3) is 0 Å². The first-order chi connectivity index (χ1) is 8.85. The van der Waals surface area contributed by atoms with Crippen LogP contribution in [-0.4, -0.2) is 18.0 Å². The molecule has 1 aliphatic heterocycles. The second-order valence-electron chi connectivity index (χ2n) is 4.09. The van der Waals surface area contributed by atoms with Gasteiger partial charge in [-0.15, -0.1) is 8.78 Å². The summed E-state index contributed by atoms with van der Waals surface area (Å²) in [5.74, 6) is -0.0333. The van der Waals surface area contributed by atoms with Gasteiger partial charge in [0.25, 0.3) is 0 Å². The molecule has 1 aromatic rings. The molecule has 0 unspecified atom stereocenters. The third-order valence-corrected chi connectivity index (χ3v) is 2.46. The van der Waals surface area contributed by atoms with Gasteiger partial charge in [-0.05, 0) is 31.3 Å². The number of fused-ring (bicyclic) bond motifs is 1. The van der Waals surface area contributed by atoms with E-state index in [2.05, 4.69) is 26.7 Å². The van der Waals surface area contributed by atoms with E-state index in [0.29, 0.717) is 17.3 Å². The Bertz CT molecular complexity index is 534. The van der Waals surface area contributed by atoms with E-state index in [1.165, 1.54) is 12.1 Å². The van der Waals surface area contributed by atoms with Gasteiger partial charge in [-0.1, -0.05) is 12.2 Å². The Balaban J connectivity index is 2.00. The third kappa shape index (κ3) is 3.54. The molecule has 0 aliphatic carbocycles. The number of ether oxygens (including phenoxy) is 2. The average Bonchev–Trinajstić information content (AvgIpc) is 2.59. The number of benzene rings is 1. The molecule has 7 heteroatoms. The van der Waals surface area contributed by atoms with Crippen molar-refractivity contribution in [2.75, 3.05) is 11.9 Å². The van der Waals surface area contributed by atoms with Crippen LogP contribution in [-0.2, 0) is 0 Å². The van der Waals surface area contributed by atoms with Gasteiger partial charge in [0, 0.05) is 18.3 Å². The van der Waals surface area contributed by atoms with Crippen molar-refractivity contribution in [3.8, 4) is 11.5 Å². The summed E-state index contributed by atoms with van der Waals surface area (Å²) < 4.78 is 34.3. The summed E-state index contributed by atoms with van der Waals surface area (Å²) in [6, 6.07) is 4.35. The van der Waals surface area contributed by atoms with Gasteiger partial charge in [0.05, 0.1) is 0 Å². The molecular formula is C12H12F2N2O2S. The smallest absolute Gasteiger partial charge is 0.395 e. The molecule has 0 atom stereocenters. The Hall–Kier alpha value is -1.89. The van der Waals surface area contributed by atoms with Gasteiger partial charge < -0.3 is 20.1 Å². The second-order valence-corrected chi connectivity index (χ2v) is 4.50. The van der Waals surface area contributed by atoms with Crippen molar-refractivity contribution >= 4 is 23.0 Å². The molecule has 0 saturated carbocycles. The van der Waals surface area contributed by atoms with Crippen molar-refractivity contribution in [1.29, 1.82) is 0 Å². The van der Waals surface area contributed by atoms with E-state index in [4.69, 9.17) is 12.2 Å². The molecule has 0 bridgehead atoms. The van der Waals surface area contributed by atoms with Crippen LogP contribution in [0.2, 0.25) is 0 Å². The van der Waals surface area contributed by atoms with E-state index < -0.39 is 6.29 Å². The summed E-state index contributed by atoms with van der Waals surface area (Å²) in [6.45, 7) is 6.12. The van der Waals surface area contributed by atoms with Crippen LogP contribution in [0.4, 0.5) is 14.5 Å². The molecule has 2 N–H and O–H groups in total. The quantitative estimate of drug-likeness (QED) is 0.660. The maximum absolute atomic E-state index is 12.8. The number of rotatable bonds is 3. The molecule has 0 amide bonds. The molecule has 102 valence electrons. The average molecular weight is 286 g/mol. The van der Waals surface area contributed by atoms with Crippen LogP contribution >= 0.6 is 12.2 Å². The summed E-state index contributed by atoms with van der Waals surface area (Å²) in [5.41, 5.74) is 1.45. The van der Waals surface area contributed by atoms with Crippen molar-refractivity contribution in [3.63, 3.8) is 0 Å². The lowest BCUT2D eigenvalue weighted by atomic mass is 10.3. The lowest BCUT2D eigenvalue weighted by Crippen LogP contribution is -2.29. The Labute approximate surface area is 114 Å². The number of thiocarbonyl (C=S) groups is 1. The standard InChI is InChI=1S/C12H12F2N2O2S/c1-7(2)6-15-11(19)16-8-3-4-9-10(5-8)18-12(13,14)17-9/h3-5H,1,6H2,2H3,(H2,15,16,19). The van der Waals surface area contributed by atoms with Crippen molar-refractivity contribution in [2.24, 2.45) is 0 Å². The van der Waals surface area contributed by atoms with E-state index in [9.17, 15) is 8.78 Å². The lowest BCUT2D eigenvalue weighted by Gasteiger charge is -2.10. The van der Waals surface area contributed by atoms with Gasteiger partial charge in [-0.3, -0.25) is 0 Å². The largest absolute Gasteiger partial charge is 0.586 e. The molecule has 19 heavy (non-hydrogen) atoms. The fourth-order valence-corrected chi connectivity index (χ4v) is 1.62. The van der Waals surface area contributed by atoms with Crippen molar-refractivity contribution < 1.29 is 18.3 Å². The highest BCUT2D eigenvalue weighted by atomic mass is 32.1. The molecule has 1 heterocycles. The highest BCUT2D eigenvalue weighted by molar-refractivity contribution is 7.80. The SMILES string of the molecule is C=C(C)CNC(=S)Nc1ccc2c(c1)OC(F)(F)O2. The zero-order valence-corrected chi connectivity index (χ0v) is 10.9. The highest BCUT2D eigenvalue weighted by Gasteiger charge is 2.43. The van der Waals surface area contributed by atoms with E-state index in [0.717, 1.165) is 5.57 Å². The molecular weight excluding hydrogens is 274 g/mol. The van der Waals surface area contributed by atoms with Gasteiger partial charge in [-0.2, -0.15) is 0 Å². The van der Waals surface area contributed by atoms with Crippen LogP contribution in [0.15, 0.2) is 30.4 Å². The van der Waals surface area contributed by atoms with Gasteiger partial charge in [0.15, 0.2) is 16.6 Å². The Morgan fingerprint density at radius 3 is 2.74 bits per heavy atom. The molecule has 1 aromatic carbocycles. The Kier molecular flexibility index (Phi) is 3.57. The molecule has 0 radical (unpaired) electrons.